The van der Waals surface area contributed by atoms with Crippen LogP contribution in [0.2, 0.25) is 0 Å². The number of aromatic nitrogens is 1. The summed E-state index contributed by atoms with van der Waals surface area (Å²) in [5, 5.41) is 3.44. The van der Waals surface area contributed by atoms with Gasteiger partial charge in [-0.3, -0.25) is 4.98 Å². The fraction of sp³-hybridized carbons (Fsp3) is 0.346. The van der Waals surface area contributed by atoms with Crippen molar-refractivity contribution < 1.29 is 4.39 Å². The van der Waals surface area contributed by atoms with Crippen LogP contribution < -0.4 is 10.2 Å². The van der Waals surface area contributed by atoms with Crippen molar-refractivity contribution in [3.8, 4) is 11.3 Å². The van der Waals surface area contributed by atoms with Crippen molar-refractivity contribution in [1.82, 2.24) is 10.3 Å². The average molecular weight is 404 g/mol. The Morgan fingerprint density at radius 3 is 2.30 bits per heavy atom. The zero-order valence-electron chi connectivity index (χ0n) is 18.1. The Bertz CT molecular complexity index is 984. The van der Waals surface area contributed by atoms with Crippen LogP contribution in [0.3, 0.4) is 0 Å². The minimum Gasteiger partial charge on any atom is -0.364 e. The van der Waals surface area contributed by atoms with Gasteiger partial charge in [0.05, 0.1) is 5.69 Å². The van der Waals surface area contributed by atoms with Gasteiger partial charge in [-0.2, -0.15) is 0 Å². The lowest BCUT2D eigenvalue weighted by molar-refractivity contribution is 0.428. The van der Waals surface area contributed by atoms with Gasteiger partial charge in [-0.15, -0.1) is 0 Å². The lowest BCUT2D eigenvalue weighted by Crippen LogP contribution is -2.43. The van der Waals surface area contributed by atoms with Crippen LogP contribution in [0, 0.1) is 26.6 Å². The van der Waals surface area contributed by atoms with Crippen LogP contribution in [-0.4, -0.2) is 24.1 Å². The molecule has 0 atom stereocenters. The van der Waals surface area contributed by atoms with Crippen molar-refractivity contribution in [1.29, 1.82) is 0 Å². The summed E-state index contributed by atoms with van der Waals surface area (Å²) < 4.78 is 13.5. The molecule has 1 aliphatic rings. The SMILES string of the molecule is Cc1cc(-c2cc(CN(c3ccc(F)cc3)C3CCNCC3)ccn2)cc(C)c1C. The number of pyridine rings is 1. The standard InChI is InChI=1S/C26H30FN3/c1-18-14-22(15-19(2)20(18)3)26-16-21(8-13-29-26)17-30(25-9-11-28-12-10-25)24-6-4-23(27)5-7-24/h4-8,13-16,25,28H,9-12,17H2,1-3H3. The third-order valence-electron chi connectivity index (χ3n) is 6.31. The third kappa shape index (κ3) is 4.54. The maximum atomic E-state index is 13.5. The molecular weight excluding hydrogens is 373 g/mol. The number of rotatable bonds is 5. The Hall–Kier alpha value is -2.72. The molecule has 2 aromatic carbocycles. The maximum Gasteiger partial charge on any atom is 0.123 e. The molecule has 30 heavy (non-hydrogen) atoms. The van der Waals surface area contributed by atoms with E-state index in [9.17, 15) is 4.39 Å². The molecule has 0 amide bonds. The van der Waals surface area contributed by atoms with Gasteiger partial charge in [0.1, 0.15) is 5.82 Å². The molecule has 0 saturated carbocycles. The molecule has 0 aliphatic carbocycles. The van der Waals surface area contributed by atoms with Crippen LogP contribution in [0.15, 0.2) is 54.7 Å². The van der Waals surface area contributed by atoms with E-state index in [-0.39, 0.29) is 5.82 Å². The molecule has 4 rings (SSSR count). The number of benzene rings is 2. The Kier molecular flexibility index (Phi) is 6.14. The lowest BCUT2D eigenvalue weighted by Gasteiger charge is -2.36. The van der Waals surface area contributed by atoms with E-state index in [0.717, 1.165) is 49.4 Å². The molecule has 0 bridgehead atoms. The Morgan fingerprint density at radius 1 is 0.967 bits per heavy atom. The van der Waals surface area contributed by atoms with Crippen molar-refractivity contribution in [3.63, 3.8) is 0 Å². The smallest absolute Gasteiger partial charge is 0.123 e. The van der Waals surface area contributed by atoms with Crippen molar-refractivity contribution in [2.75, 3.05) is 18.0 Å². The quantitative estimate of drug-likeness (QED) is 0.603. The number of halogens is 1. The first kappa shape index (κ1) is 20.5. The molecule has 1 aromatic heterocycles. The van der Waals surface area contributed by atoms with Gasteiger partial charge in [-0.25, -0.2) is 4.39 Å². The lowest BCUT2D eigenvalue weighted by atomic mass is 9.98. The Labute approximate surface area is 179 Å². The van der Waals surface area contributed by atoms with E-state index in [1.165, 1.54) is 22.3 Å². The molecule has 3 nitrogen and oxygen atoms in total. The fourth-order valence-electron chi connectivity index (χ4n) is 4.29. The number of nitrogens with zero attached hydrogens (tertiary/aromatic N) is 2. The predicted molar refractivity (Wildman–Crippen MR) is 122 cm³/mol. The second-order valence-corrected chi connectivity index (χ2v) is 8.37. The summed E-state index contributed by atoms with van der Waals surface area (Å²) in [5.41, 5.74) is 8.38. The second-order valence-electron chi connectivity index (χ2n) is 8.37. The fourth-order valence-corrected chi connectivity index (χ4v) is 4.29. The summed E-state index contributed by atoms with van der Waals surface area (Å²) in [6, 6.07) is 16.1. The topological polar surface area (TPSA) is 28.2 Å². The van der Waals surface area contributed by atoms with Crippen LogP contribution in [0.25, 0.3) is 11.3 Å². The highest BCUT2D eigenvalue weighted by Crippen LogP contribution is 2.27. The molecule has 0 unspecified atom stereocenters. The van der Waals surface area contributed by atoms with Gasteiger partial charge in [0.15, 0.2) is 0 Å². The molecule has 1 aliphatic heterocycles. The van der Waals surface area contributed by atoms with Gasteiger partial charge >= 0.3 is 0 Å². The highest BCUT2D eigenvalue weighted by Gasteiger charge is 2.22. The van der Waals surface area contributed by atoms with Crippen molar-refractivity contribution in [3.05, 3.63) is 82.8 Å². The minimum atomic E-state index is -0.194. The van der Waals surface area contributed by atoms with Crippen molar-refractivity contribution in [2.24, 2.45) is 0 Å². The molecule has 2 heterocycles. The summed E-state index contributed by atoms with van der Waals surface area (Å²) in [4.78, 5) is 7.07. The number of piperidine rings is 1. The predicted octanol–water partition coefficient (Wildman–Crippen LogP) is 5.57. The molecule has 1 saturated heterocycles. The van der Waals surface area contributed by atoms with Crippen LogP contribution in [0.4, 0.5) is 10.1 Å². The Morgan fingerprint density at radius 2 is 1.63 bits per heavy atom. The van der Waals surface area contributed by atoms with Crippen LogP contribution >= 0.6 is 0 Å². The van der Waals surface area contributed by atoms with Gasteiger partial charge in [0.25, 0.3) is 0 Å². The number of hydrogen-bond donors (Lipinski definition) is 1. The van der Waals surface area contributed by atoms with E-state index in [0.29, 0.717) is 6.04 Å². The molecule has 0 spiro atoms. The van der Waals surface area contributed by atoms with Gasteiger partial charge in [0.2, 0.25) is 0 Å². The summed E-state index contributed by atoms with van der Waals surface area (Å²) >= 11 is 0. The molecule has 1 N–H and O–H groups in total. The molecule has 1 fully saturated rings. The number of anilines is 1. The van der Waals surface area contributed by atoms with Gasteiger partial charge < -0.3 is 10.2 Å². The zero-order chi connectivity index (χ0) is 21.1. The number of nitrogens with one attached hydrogen (secondary N) is 1. The summed E-state index contributed by atoms with van der Waals surface area (Å²) in [5.74, 6) is -0.194. The van der Waals surface area contributed by atoms with Crippen molar-refractivity contribution >= 4 is 5.69 Å². The van der Waals surface area contributed by atoms with E-state index >= 15 is 0 Å². The van der Waals surface area contributed by atoms with Crippen LogP contribution in [0.5, 0.6) is 0 Å². The first-order valence-corrected chi connectivity index (χ1v) is 10.8. The summed E-state index contributed by atoms with van der Waals surface area (Å²) in [6.07, 6.45) is 4.08. The van der Waals surface area contributed by atoms with E-state index < -0.39 is 0 Å². The van der Waals surface area contributed by atoms with Gasteiger partial charge in [0, 0.05) is 30.0 Å². The number of aryl methyl sites for hydroxylation is 2. The average Bonchev–Trinajstić information content (AvgIpc) is 2.77. The highest BCUT2D eigenvalue weighted by atomic mass is 19.1. The van der Waals surface area contributed by atoms with E-state index in [1.54, 1.807) is 12.1 Å². The van der Waals surface area contributed by atoms with E-state index in [1.807, 2.05) is 18.3 Å². The maximum absolute atomic E-state index is 13.5. The molecule has 0 radical (unpaired) electrons. The third-order valence-corrected chi connectivity index (χ3v) is 6.31. The largest absolute Gasteiger partial charge is 0.364 e. The second kappa shape index (κ2) is 8.97. The Balaban J connectivity index is 1.65. The molecule has 4 heteroatoms. The minimum absolute atomic E-state index is 0.194. The first-order chi connectivity index (χ1) is 14.5. The zero-order valence-corrected chi connectivity index (χ0v) is 18.1. The summed E-state index contributed by atoms with van der Waals surface area (Å²) in [7, 11) is 0. The van der Waals surface area contributed by atoms with E-state index in [4.69, 9.17) is 0 Å². The molecule has 156 valence electrons. The van der Waals surface area contributed by atoms with E-state index in [2.05, 4.69) is 60.2 Å². The number of hydrogen-bond acceptors (Lipinski definition) is 3. The molecule has 3 aromatic rings. The normalized spacial score (nSPS) is 14.7. The molecular formula is C26H30FN3. The van der Waals surface area contributed by atoms with Gasteiger partial charge in [-0.1, -0.05) is 0 Å². The highest BCUT2D eigenvalue weighted by molar-refractivity contribution is 5.63. The van der Waals surface area contributed by atoms with Crippen molar-refractivity contribution in [2.45, 2.75) is 46.2 Å². The summed E-state index contributed by atoms with van der Waals surface area (Å²) in [6.45, 7) is 9.30. The van der Waals surface area contributed by atoms with Gasteiger partial charge in [-0.05, 0) is 117 Å². The van der Waals surface area contributed by atoms with Crippen LogP contribution in [-0.2, 0) is 6.54 Å². The first-order valence-electron chi connectivity index (χ1n) is 10.8. The monoisotopic (exact) mass is 403 g/mol. The van der Waals surface area contributed by atoms with Crippen LogP contribution in [0.1, 0.15) is 35.1 Å².